The minimum Gasteiger partial charge on any atom is -0.493 e. The SMILES string of the molecule is CCOc1ccccc1-c1ccc(C(=N)N)c(=O)n1C. The molecule has 2 aromatic rings. The van der Waals surface area contributed by atoms with Crippen molar-refractivity contribution in [3.63, 3.8) is 0 Å². The largest absolute Gasteiger partial charge is 0.493 e. The van der Waals surface area contributed by atoms with Gasteiger partial charge < -0.3 is 15.0 Å². The number of nitrogens with one attached hydrogen (secondary N) is 1. The van der Waals surface area contributed by atoms with Crippen LogP contribution in [-0.2, 0) is 7.05 Å². The van der Waals surface area contributed by atoms with Crippen molar-refractivity contribution in [3.05, 3.63) is 52.3 Å². The van der Waals surface area contributed by atoms with Crippen LogP contribution in [0.4, 0.5) is 0 Å². The summed E-state index contributed by atoms with van der Waals surface area (Å²) < 4.78 is 7.06. The van der Waals surface area contributed by atoms with Gasteiger partial charge in [-0.15, -0.1) is 0 Å². The highest BCUT2D eigenvalue weighted by Crippen LogP contribution is 2.28. The zero-order valence-electron chi connectivity index (χ0n) is 11.5. The number of nitrogen functional groups attached to an aromatic ring is 1. The van der Waals surface area contributed by atoms with Crippen LogP contribution < -0.4 is 16.0 Å². The average Bonchev–Trinajstić information content (AvgIpc) is 2.43. The quantitative estimate of drug-likeness (QED) is 0.656. The minimum absolute atomic E-state index is 0.199. The number of nitrogens with zero attached hydrogens (tertiary/aromatic N) is 1. The monoisotopic (exact) mass is 271 g/mol. The lowest BCUT2D eigenvalue weighted by molar-refractivity contribution is 0.341. The fourth-order valence-corrected chi connectivity index (χ4v) is 2.07. The lowest BCUT2D eigenvalue weighted by atomic mass is 10.1. The van der Waals surface area contributed by atoms with E-state index in [0.717, 1.165) is 17.0 Å². The Morgan fingerprint density at radius 2 is 2.00 bits per heavy atom. The second-order valence-corrected chi connectivity index (χ2v) is 4.34. The lowest BCUT2D eigenvalue weighted by Gasteiger charge is -2.14. The number of nitrogens with two attached hydrogens (primary N) is 1. The number of benzene rings is 1. The van der Waals surface area contributed by atoms with Crippen LogP contribution in [-0.4, -0.2) is 17.0 Å². The summed E-state index contributed by atoms with van der Waals surface area (Å²) >= 11 is 0. The Balaban J connectivity index is 2.63. The molecule has 0 unspecified atom stereocenters. The van der Waals surface area contributed by atoms with Crippen molar-refractivity contribution < 1.29 is 4.74 Å². The molecule has 0 bridgehead atoms. The third-order valence-electron chi connectivity index (χ3n) is 3.06. The number of amidine groups is 1. The van der Waals surface area contributed by atoms with Gasteiger partial charge in [0.1, 0.15) is 11.6 Å². The summed E-state index contributed by atoms with van der Waals surface area (Å²) in [6.45, 7) is 2.46. The molecule has 1 aromatic carbocycles. The Bertz CT molecular complexity index is 705. The smallest absolute Gasteiger partial charge is 0.261 e. The summed E-state index contributed by atoms with van der Waals surface area (Å²) in [7, 11) is 1.66. The fourth-order valence-electron chi connectivity index (χ4n) is 2.07. The van der Waals surface area contributed by atoms with Gasteiger partial charge in [0.25, 0.3) is 5.56 Å². The van der Waals surface area contributed by atoms with E-state index in [4.69, 9.17) is 15.9 Å². The molecule has 0 fully saturated rings. The number of ether oxygens (including phenoxy) is 1. The summed E-state index contributed by atoms with van der Waals surface area (Å²) in [5, 5.41) is 7.40. The Hall–Kier alpha value is -2.56. The number of aromatic nitrogens is 1. The molecule has 3 N–H and O–H groups in total. The summed E-state index contributed by atoms with van der Waals surface area (Å²) in [5.41, 5.74) is 6.87. The van der Waals surface area contributed by atoms with Gasteiger partial charge in [-0.1, -0.05) is 12.1 Å². The summed E-state index contributed by atoms with van der Waals surface area (Å²) in [6, 6.07) is 10.9. The minimum atomic E-state index is -0.290. The van der Waals surface area contributed by atoms with Gasteiger partial charge >= 0.3 is 0 Å². The van der Waals surface area contributed by atoms with Crippen molar-refractivity contribution >= 4 is 5.84 Å². The molecule has 20 heavy (non-hydrogen) atoms. The maximum absolute atomic E-state index is 12.2. The van der Waals surface area contributed by atoms with Crippen molar-refractivity contribution in [1.82, 2.24) is 4.57 Å². The first-order valence-corrected chi connectivity index (χ1v) is 6.33. The van der Waals surface area contributed by atoms with E-state index in [1.165, 1.54) is 4.57 Å². The van der Waals surface area contributed by atoms with Crippen LogP contribution in [0.25, 0.3) is 11.3 Å². The second-order valence-electron chi connectivity index (χ2n) is 4.34. The maximum Gasteiger partial charge on any atom is 0.261 e. The molecule has 1 aromatic heterocycles. The number of hydrogen-bond donors (Lipinski definition) is 2. The van der Waals surface area contributed by atoms with Crippen LogP contribution >= 0.6 is 0 Å². The highest BCUT2D eigenvalue weighted by molar-refractivity contribution is 5.94. The molecule has 5 nitrogen and oxygen atoms in total. The first-order valence-electron chi connectivity index (χ1n) is 6.33. The summed E-state index contributed by atoms with van der Waals surface area (Å²) in [5.74, 6) is 0.496. The van der Waals surface area contributed by atoms with E-state index in [1.807, 2.05) is 31.2 Å². The number of pyridine rings is 1. The normalized spacial score (nSPS) is 10.3. The van der Waals surface area contributed by atoms with Crippen molar-refractivity contribution in [3.8, 4) is 17.0 Å². The molecule has 1 heterocycles. The molecule has 104 valence electrons. The number of para-hydroxylation sites is 1. The summed E-state index contributed by atoms with van der Waals surface area (Å²) in [4.78, 5) is 12.2. The predicted molar refractivity (Wildman–Crippen MR) is 79.3 cm³/mol. The Morgan fingerprint density at radius 3 is 2.65 bits per heavy atom. The zero-order chi connectivity index (χ0) is 14.7. The van der Waals surface area contributed by atoms with Crippen LogP contribution in [0.5, 0.6) is 5.75 Å². The first-order chi connectivity index (χ1) is 9.56. The van der Waals surface area contributed by atoms with Gasteiger partial charge in [0, 0.05) is 12.6 Å². The molecule has 0 saturated carbocycles. The van der Waals surface area contributed by atoms with Crippen LogP contribution in [0.3, 0.4) is 0 Å². The van der Waals surface area contributed by atoms with Gasteiger partial charge in [-0.25, -0.2) is 0 Å². The molecule has 0 saturated heterocycles. The molecular weight excluding hydrogens is 254 g/mol. The highest BCUT2D eigenvalue weighted by atomic mass is 16.5. The lowest BCUT2D eigenvalue weighted by Crippen LogP contribution is -2.28. The highest BCUT2D eigenvalue weighted by Gasteiger charge is 2.12. The van der Waals surface area contributed by atoms with E-state index < -0.39 is 0 Å². The molecule has 2 rings (SSSR count). The van der Waals surface area contributed by atoms with E-state index in [0.29, 0.717) is 6.61 Å². The number of hydrogen-bond acceptors (Lipinski definition) is 3. The summed E-state index contributed by atoms with van der Waals surface area (Å²) in [6.07, 6.45) is 0. The third-order valence-corrected chi connectivity index (χ3v) is 3.06. The molecule has 0 radical (unpaired) electrons. The van der Waals surface area contributed by atoms with E-state index >= 15 is 0 Å². The molecule has 0 atom stereocenters. The van der Waals surface area contributed by atoms with Crippen LogP contribution in [0.2, 0.25) is 0 Å². The van der Waals surface area contributed by atoms with E-state index in [-0.39, 0.29) is 17.0 Å². The Kier molecular flexibility index (Phi) is 3.89. The maximum atomic E-state index is 12.2. The second kappa shape index (κ2) is 5.61. The Labute approximate surface area is 117 Å². The van der Waals surface area contributed by atoms with Crippen LogP contribution in [0, 0.1) is 5.41 Å². The van der Waals surface area contributed by atoms with Crippen molar-refractivity contribution in [2.45, 2.75) is 6.92 Å². The van der Waals surface area contributed by atoms with Crippen molar-refractivity contribution in [2.75, 3.05) is 6.61 Å². The Morgan fingerprint density at radius 1 is 1.30 bits per heavy atom. The van der Waals surface area contributed by atoms with Crippen LogP contribution in [0.15, 0.2) is 41.2 Å². The van der Waals surface area contributed by atoms with Crippen molar-refractivity contribution in [2.24, 2.45) is 12.8 Å². The van der Waals surface area contributed by atoms with Crippen LogP contribution in [0.1, 0.15) is 12.5 Å². The molecule has 0 aliphatic heterocycles. The first kappa shape index (κ1) is 13.9. The van der Waals surface area contributed by atoms with Gasteiger partial charge in [-0.2, -0.15) is 0 Å². The van der Waals surface area contributed by atoms with Gasteiger partial charge in [-0.05, 0) is 31.2 Å². The van der Waals surface area contributed by atoms with Gasteiger partial charge in [-0.3, -0.25) is 10.2 Å². The third kappa shape index (κ3) is 2.42. The topological polar surface area (TPSA) is 81.1 Å². The average molecular weight is 271 g/mol. The molecular formula is C15H17N3O2. The molecule has 0 aliphatic rings. The fraction of sp³-hybridized carbons (Fsp3) is 0.200. The molecule has 5 heteroatoms. The van der Waals surface area contributed by atoms with E-state index in [1.54, 1.807) is 19.2 Å². The van der Waals surface area contributed by atoms with Gasteiger partial charge in [0.15, 0.2) is 0 Å². The molecule has 0 amide bonds. The van der Waals surface area contributed by atoms with E-state index in [2.05, 4.69) is 0 Å². The number of rotatable bonds is 4. The zero-order valence-corrected chi connectivity index (χ0v) is 11.5. The standard InChI is InChI=1S/C15H17N3O2/c1-3-20-13-7-5-4-6-10(13)12-9-8-11(14(16)17)15(19)18(12)2/h4-9H,3H2,1-2H3,(H3,16,17). The van der Waals surface area contributed by atoms with E-state index in [9.17, 15) is 4.79 Å². The molecule has 0 spiro atoms. The van der Waals surface area contributed by atoms with Gasteiger partial charge in [0.2, 0.25) is 0 Å². The predicted octanol–water partition coefficient (Wildman–Crippen LogP) is 1.74. The van der Waals surface area contributed by atoms with Gasteiger partial charge in [0.05, 0.1) is 17.9 Å². The van der Waals surface area contributed by atoms with Crippen molar-refractivity contribution in [1.29, 1.82) is 5.41 Å². The molecule has 0 aliphatic carbocycles.